The second kappa shape index (κ2) is 4.20. The van der Waals surface area contributed by atoms with Crippen molar-refractivity contribution in [2.24, 2.45) is 0 Å². The average molecular weight is 253 g/mol. The van der Waals surface area contributed by atoms with Crippen LogP contribution in [-0.4, -0.2) is 22.6 Å². The summed E-state index contributed by atoms with van der Waals surface area (Å²) < 4.78 is 6.83. The Morgan fingerprint density at radius 2 is 2.06 bits per heavy atom. The molecule has 0 amide bonds. The van der Waals surface area contributed by atoms with E-state index < -0.39 is 0 Å². The van der Waals surface area contributed by atoms with E-state index in [4.69, 9.17) is 16.0 Å². The van der Waals surface area contributed by atoms with Crippen molar-refractivity contribution < 1.29 is 4.42 Å². The number of nitrogens with zero attached hydrogens (tertiary/aromatic N) is 2. The maximum Gasteiger partial charge on any atom is 0.421 e. The number of likely N-dealkylation sites (tertiary alicyclic amines) is 1. The molecular weight excluding hydrogens is 240 g/mol. The van der Waals surface area contributed by atoms with Crippen molar-refractivity contribution >= 4 is 22.7 Å². The van der Waals surface area contributed by atoms with Gasteiger partial charge in [-0.2, -0.15) is 0 Å². The Hall–Kier alpha value is -1.26. The summed E-state index contributed by atoms with van der Waals surface area (Å²) in [5, 5.41) is 0.619. The van der Waals surface area contributed by atoms with Crippen LogP contribution < -0.4 is 5.76 Å². The van der Waals surface area contributed by atoms with Gasteiger partial charge in [-0.05, 0) is 44.1 Å². The van der Waals surface area contributed by atoms with Crippen LogP contribution in [0.1, 0.15) is 12.8 Å². The maximum absolute atomic E-state index is 11.8. The zero-order valence-corrected chi connectivity index (χ0v) is 10.1. The van der Waals surface area contributed by atoms with Gasteiger partial charge in [-0.3, -0.25) is 9.47 Å². The number of halogens is 1. The Labute approximate surface area is 103 Å². The Balaban J connectivity index is 2.04. The highest BCUT2D eigenvalue weighted by Gasteiger charge is 2.16. The number of rotatable bonds is 2. The number of aromatic nitrogens is 1. The fraction of sp³-hybridized carbons (Fsp3) is 0.417. The minimum Gasteiger partial charge on any atom is -0.408 e. The van der Waals surface area contributed by atoms with Crippen LogP contribution in [0.25, 0.3) is 11.1 Å². The van der Waals surface area contributed by atoms with Crippen molar-refractivity contribution in [2.45, 2.75) is 19.5 Å². The molecule has 1 aliphatic rings. The van der Waals surface area contributed by atoms with Crippen molar-refractivity contribution in [3.05, 3.63) is 33.8 Å². The van der Waals surface area contributed by atoms with E-state index >= 15 is 0 Å². The van der Waals surface area contributed by atoms with Gasteiger partial charge in [0.25, 0.3) is 0 Å². The molecule has 17 heavy (non-hydrogen) atoms. The second-order valence-corrected chi connectivity index (χ2v) is 4.81. The molecule has 1 aromatic carbocycles. The molecular formula is C12H13ClN2O2. The number of fused-ring (bicyclic) bond motifs is 1. The molecule has 0 saturated carbocycles. The van der Waals surface area contributed by atoms with Gasteiger partial charge >= 0.3 is 5.76 Å². The van der Waals surface area contributed by atoms with Crippen LogP contribution in [0.15, 0.2) is 27.4 Å². The first kappa shape index (κ1) is 10.9. The fourth-order valence-corrected chi connectivity index (χ4v) is 2.46. The molecule has 90 valence electrons. The molecule has 0 unspecified atom stereocenters. The lowest BCUT2D eigenvalue weighted by molar-refractivity contribution is 0.263. The predicted molar refractivity (Wildman–Crippen MR) is 66.3 cm³/mol. The summed E-state index contributed by atoms with van der Waals surface area (Å²) in [6, 6.07) is 5.24. The second-order valence-electron chi connectivity index (χ2n) is 4.37. The summed E-state index contributed by atoms with van der Waals surface area (Å²) >= 11 is 5.95. The number of hydrogen-bond acceptors (Lipinski definition) is 3. The largest absolute Gasteiger partial charge is 0.421 e. The van der Waals surface area contributed by atoms with Gasteiger partial charge in [0.15, 0.2) is 5.58 Å². The van der Waals surface area contributed by atoms with Gasteiger partial charge in [0.2, 0.25) is 0 Å². The topological polar surface area (TPSA) is 38.4 Å². The molecule has 3 rings (SSSR count). The van der Waals surface area contributed by atoms with Gasteiger partial charge in [0.05, 0.1) is 12.2 Å². The van der Waals surface area contributed by atoms with Gasteiger partial charge in [-0.15, -0.1) is 0 Å². The summed E-state index contributed by atoms with van der Waals surface area (Å²) in [5.74, 6) is -0.311. The third-order valence-electron chi connectivity index (χ3n) is 3.17. The first-order valence-corrected chi connectivity index (χ1v) is 6.13. The molecule has 0 aliphatic carbocycles. The lowest BCUT2D eigenvalue weighted by Gasteiger charge is -2.14. The van der Waals surface area contributed by atoms with E-state index in [1.807, 2.05) is 0 Å². The van der Waals surface area contributed by atoms with E-state index in [0.29, 0.717) is 17.3 Å². The molecule has 1 saturated heterocycles. The van der Waals surface area contributed by atoms with Crippen LogP contribution in [0, 0.1) is 0 Å². The normalized spacial score (nSPS) is 17.0. The summed E-state index contributed by atoms with van der Waals surface area (Å²) in [6.07, 6.45) is 2.40. The first-order chi connectivity index (χ1) is 8.24. The molecule has 1 aliphatic heterocycles. The standard InChI is InChI=1S/C12H13ClN2O2/c13-9-3-4-11-10(7-9)15(12(16)17-11)8-14-5-1-2-6-14/h3-4,7H,1-2,5-6,8H2. The van der Waals surface area contributed by atoms with Crippen LogP contribution in [0.4, 0.5) is 0 Å². The zero-order valence-electron chi connectivity index (χ0n) is 9.36. The molecule has 1 fully saturated rings. The first-order valence-electron chi connectivity index (χ1n) is 5.75. The highest BCUT2D eigenvalue weighted by atomic mass is 35.5. The molecule has 1 aromatic heterocycles. The molecule has 0 atom stereocenters. The van der Waals surface area contributed by atoms with Gasteiger partial charge in [-0.25, -0.2) is 4.79 Å². The Bertz CT molecular complexity index is 596. The van der Waals surface area contributed by atoms with Crippen molar-refractivity contribution in [1.82, 2.24) is 9.47 Å². The molecule has 0 radical (unpaired) electrons. The van der Waals surface area contributed by atoms with E-state index in [0.717, 1.165) is 18.6 Å². The predicted octanol–water partition coefficient (Wildman–Crippen LogP) is 2.30. The van der Waals surface area contributed by atoms with Crippen LogP contribution in [-0.2, 0) is 6.67 Å². The third kappa shape index (κ3) is 1.98. The Morgan fingerprint density at radius 1 is 1.29 bits per heavy atom. The monoisotopic (exact) mass is 252 g/mol. The lowest BCUT2D eigenvalue weighted by atomic mass is 10.3. The van der Waals surface area contributed by atoms with Crippen molar-refractivity contribution in [2.75, 3.05) is 13.1 Å². The van der Waals surface area contributed by atoms with Crippen LogP contribution >= 0.6 is 11.6 Å². The number of hydrogen-bond donors (Lipinski definition) is 0. The zero-order chi connectivity index (χ0) is 11.8. The molecule has 0 spiro atoms. The minimum absolute atomic E-state index is 0.311. The minimum atomic E-state index is -0.311. The molecule has 5 heteroatoms. The fourth-order valence-electron chi connectivity index (χ4n) is 2.29. The van der Waals surface area contributed by atoms with E-state index in [1.165, 1.54) is 12.8 Å². The van der Waals surface area contributed by atoms with Crippen molar-refractivity contribution in [1.29, 1.82) is 0 Å². The SMILES string of the molecule is O=c1oc2ccc(Cl)cc2n1CN1CCCC1. The van der Waals surface area contributed by atoms with Gasteiger partial charge in [0, 0.05) is 5.02 Å². The molecule has 2 aromatic rings. The van der Waals surface area contributed by atoms with E-state index in [-0.39, 0.29) is 5.76 Å². The summed E-state index contributed by atoms with van der Waals surface area (Å²) in [6.45, 7) is 2.67. The summed E-state index contributed by atoms with van der Waals surface area (Å²) in [5.41, 5.74) is 1.37. The highest BCUT2D eigenvalue weighted by molar-refractivity contribution is 6.31. The summed E-state index contributed by atoms with van der Waals surface area (Å²) in [4.78, 5) is 14.0. The highest BCUT2D eigenvalue weighted by Crippen LogP contribution is 2.19. The van der Waals surface area contributed by atoms with Crippen molar-refractivity contribution in [3.8, 4) is 0 Å². The molecule has 0 N–H and O–H groups in total. The average Bonchev–Trinajstić information content (AvgIpc) is 2.90. The number of oxazole rings is 1. The Morgan fingerprint density at radius 3 is 2.82 bits per heavy atom. The smallest absolute Gasteiger partial charge is 0.408 e. The van der Waals surface area contributed by atoms with Crippen molar-refractivity contribution in [3.63, 3.8) is 0 Å². The van der Waals surface area contributed by atoms with E-state index in [1.54, 1.807) is 22.8 Å². The van der Waals surface area contributed by atoms with E-state index in [2.05, 4.69) is 4.90 Å². The van der Waals surface area contributed by atoms with Gasteiger partial charge in [0.1, 0.15) is 0 Å². The number of benzene rings is 1. The van der Waals surface area contributed by atoms with Gasteiger partial charge in [-0.1, -0.05) is 11.6 Å². The van der Waals surface area contributed by atoms with E-state index in [9.17, 15) is 4.79 Å². The lowest BCUT2D eigenvalue weighted by Crippen LogP contribution is -2.28. The van der Waals surface area contributed by atoms with Crippen LogP contribution in [0.2, 0.25) is 5.02 Å². The molecule has 2 heterocycles. The maximum atomic E-state index is 11.8. The molecule has 0 bridgehead atoms. The Kier molecular flexibility index (Phi) is 2.68. The third-order valence-corrected chi connectivity index (χ3v) is 3.40. The van der Waals surface area contributed by atoms with Gasteiger partial charge < -0.3 is 4.42 Å². The quantitative estimate of drug-likeness (QED) is 0.823. The summed E-state index contributed by atoms with van der Waals surface area (Å²) in [7, 11) is 0. The van der Waals surface area contributed by atoms with Crippen LogP contribution in [0.3, 0.4) is 0 Å². The molecule has 4 nitrogen and oxygen atoms in total. The van der Waals surface area contributed by atoms with Crippen LogP contribution in [0.5, 0.6) is 0 Å².